The molecule has 2 aromatic carbocycles. The van der Waals surface area contributed by atoms with Crippen LogP contribution in [0.2, 0.25) is 0 Å². The number of aryl methyl sites for hydroxylation is 1. The van der Waals surface area contributed by atoms with Crippen LogP contribution in [0.1, 0.15) is 12.6 Å². The summed E-state index contributed by atoms with van der Waals surface area (Å²) in [5, 5.41) is 2.96. The van der Waals surface area contributed by atoms with Gasteiger partial charge in [0.05, 0.1) is 5.69 Å². The molecule has 1 N–H and O–H groups in total. The van der Waals surface area contributed by atoms with Gasteiger partial charge < -0.3 is 10.2 Å². The Bertz CT molecular complexity index is 821. The van der Waals surface area contributed by atoms with Gasteiger partial charge in [-0.3, -0.25) is 0 Å². The van der Waals surface area contributed by atoms with Gasteiger partial charge in [0, 0.05) is 24.0 Å². The van der Waals surface area contributed by atoms with Crippen molar-refractivity contribution < 1.29 is 4.39 Å². The Morgan fingerprint density at radius 2 is 1.71 bits per heavy atom. The lowest BCUT2D eigenvalue weighted by molar-refractivity contribution is 0.631. The highest BCUT2D eigenvalue weighted by Crippen LogP contribution is 2.25. The number of hydrogen-bond acceptors (Lipinski definition) is 4. The molecule has 0 saturated carbocycles. The molecule has 0 saturated heterocycles. The van der Waals surface area contributed by atoms with Gasteiger partial charge in [0.2, 0.25) is 5.95 Å². The van der Waals surface area contributed by atoms with Crippen LogP contribution in [-0.4, -0.2) is 16.5 Å². The van der Waals surface area contributed by atoms with Gasteiger partial charge in [-0.15, -0.1) is 0 Å². The van der Waals surface area contributed by atoms with Crippen LogP contribution in [0, 0.1) is 12.7 Å². The molecule has 0 aliphatic heterocycles. The second-order valence-corrected chi connectivity index (χ2v) is 5.38. The minimum Gasteiger partial charge on any atom is -0.326 e. The zero-order valence-corrected chi connectivity index (χ0v) is 13.7. The van der Waals surface area contributed by atoms with Crippen LogP contribution in [0.25, 0.3) is 0 Å². The minimum atomic E-state index is -0.334. The monoisotopic (exact) mass is 322 g/mol. The van der Waals surface area contributed by atoms with Crippen LogP contribution in [0.3, 0.4) is 0 Å². The van der Waals surface area contributed by atoms with Crippen molar-refractivity contribution in [3.8, 4) is 0 Å². The van der Waals surface area contributed by atoms with Gasteiger partial charge in [-0.25, -0.2) is 9.37 Å². The first-order chi connectivity index (χ1) is 11.7. The maximum absolute atomic E-state index is 13.8. The molecule has 1 heterocycles. The lowest BCUT2D eigenvalue weighted by atomic mass is 10.2. The smallest absolute Gasteiger partial charge is 0.229 e. The van der Waals surface area contributed by atoms with Crippen molar-refractivity contribution in [1.82, 2.24) is 9.97 Å². The van der Waals surface area contributed by atoms with Gasteiger partial charge in [-0.1, -0.05) is 30.3 Å². The van der Waals surface area contributed by atoms with E-state index in [-0.39, 0.29) is 5.82 Å². The minimum absolute atomic E-state index is 0.334. The molecule has 5 heteroatoms. The van der Waals surface area contributed by atoms with Gasteiger partial charge in [0.15, 0.2) is 0 Å². The molecule has 0 aliphatic carbocycles. The van der Waals surface area contributed by atoms with Crippen LogP contribution in [0.15, 0.2) is 60.7 Å². The van der Waals surface area contributed by atoms with Crippen LogP contribution in [-0.2, 0) is 0 Å². The number of nitrogens with zero attached hydrogens (tertiary/aromatic N) is 3. The summed E-state index contributed by atoms with van der Waals surface area (Å²) < 4.78 is 13.8. The lowest BCUT2D eigenvalue weighted by Crippen LogP contribution is -2.18. The normalized spacial score (nSPS) is 10.5. The van der Waals surface area contributed by atoms with Gasteiger partial charge in [-0.2, -0.15) is 4.98 Å². The fourth-order valence-electron chi connectivity index (χ4n) is 2.51. The summed E-state index contributed by atoms with van der Waals surface area (Å²) in [6.07, 6.45) is 0. The number of aromatic nitrogens is 2. The summed E-state index contributed by atoms with van der Waals surface area (Å²) in [7, 11) is 0. The predicted octanol–water partition coefficient (Wildman–Crippen LogP) is 4.83. The topological polar surface area (TPSA) is 41.1 Å². The molecule has 0 bridgehead atoms. The molecule has 0 fully saturated rings. The van der Waals surface area contributed by atoms with Gasteiger partial charge in [0.25, 0.3) is 0 Å². The largest absolute Gasteiger partial charge is 0.326 e. The van der Waals surface area contributed by atoms with Gasteiger partial charge in [-0.05, 0) is 38.1 Å². The Kier molecular flexibility index (Phi) is 4.70. The fourth-order valence-corrected chi connectivity index (χ4v) is 2.51. The maximum atomic E-state index is 13.8. The second kappa shape index (κ2) is 7.08. The lowest BCUT2D eigenvalue weighted by Gasteiger charge is -2.23. The molecule has 0 aliphatic rings. The van der Waals surface area contributed by atoms with Crippen LogP contribution in [0.5, 0.6) is 0 Å². The molecule has 4 nitrogen and oxygen atoms in total. The fraction of sp³-hybridized carbons (Fsp3) is 0.158. The number of benzene rings is 2. The van der Waals surface area contributed by atoms with Crippen molar-refractivity contribution in [2.24, 2.45) is 0 Å². The van der Waals surface area contributed by atoms with Crippen LogP contribution >= 0.6 is 0 Å². The molecule has 0 unspecified atom stereocenters. The molecule has 1 aromatic heterocycles. The van der Waals surface area contributed by atoms with E-state index in [0.717, 1.165) is 23.7 Å². The molecular weight excluding hydrogens is 303 g/mol. The number of nitrogens with one attached hydrogen (secondary N) is 1. The second-order valence-electron chi connectivity index (χ2n) is 5.38. The molecule has 122 valence electrons. The average Bonchev–Trinajstić information content (AvgIpc) is 2.58. The SMILES string of the molecule is CCN(c1ccccc1)c1cc(C)nc(Nc2ccccc2F)n1. The number of hydrogen-bond donors (Lipinski definition) is 1. The molecule has 0 atom stereocenters. The molecule has 0 spiro atoms. The van der Waals surface area contributed by atoms with Crippen LogP contribution in [0.4, 0.5) is 27.5 Å². The number of anilines is 4. The molecular formula is C19H19FN4. The zero-order valence-electron chi connectivity index (χ0n) is 13.7. The van der Waals surface area contributed by atoms with E-state index in [4.69, 9.17) is 0 Å². The maximum Gasteiger partial charge on any atom is 0.229 e. The molecule has 24 heavy (non-hydrogen) atoms. The summed E-state index contributed by atoms with van der Waals surface area (Å²) in [6, 6.07) is 18.4. The van der Waals surface area contributed by atoms with Crippen molar-refractivity contribution in [2.45, 2.75) is 13.8 Å². The summed E-state index contributed by atoms with van der Waals surface area (Å²) in [6.45, 7) is 4.73. The third kappa shape index (κ3) is 3.51. The Morgan fingerprint density at radius 3 is 2.42 bits per heavy atom. The van der Waals surface area contributed by atoms with Gasteiger partial charge >= 0.3 is 0 Å². The van der Waals surface area contributed by atoms with E-state index in [9.17, 15) is 4.39 Å². The highest BCUT2D eigenvalue weighted by Gasteiger charge is 2.12. The molecule has 3 aromatic rings. The average molecular weight is 322 g/mol. The van der Waals surface area contributed by atoms with E-state index in [1.165, 1.54) is 6.07 Å². The van der Waals surface area contributed by atoms with Gasteiger partial charge in [0.1, 0.15) is 11.6 Å². The van der Waals surface area contributed by atoms with Crippen molar-refractivity contribution in [2.75, 3.05) is 16.8 Å². The third-order valence-electron chi connectivity index (χ3n) is 3.62. The molecule has 0 amide bonds. The Hall–Kier alpha value is -2.95. The van der Waals surface area contributed by atoms with E-state index in [1.54, 1.807) is 18.2 Å². The summed E-state index contributed by atoms with van der Waals surface area (Å²) >= 11 is 0. The highest BCUT2D eigenvalue weighted by molar-refractivity contribution is 5.62. The Labute approximate surface area is 141 Å². The molecule has 0 radical (unpaired) electrons. The number of halogens is 1. The number of para-hydroxylation sites is 2. The highest BCUT2D eigenvalue weighted by atomic mass is 19.1. The van der Waals surface area contributed by atoms with Crippen molar-refractivity contribution >= 4 is 23.1 Å². The number of rotatable bonds is 5. The standard InChI is InChI=1S/C19H19FN4/c1-3-24(15-9-5-4-6-10-15)18-13-14(2)21-19(23-18)22-17-12-8-7-11-16(17)20/h4-13H,3H2,1-2H3,(H,21,22,23). The summed E-state index contributed by atoms with van der Waals surface area (Å²) in [5.74, 6) is 0.819. The predicted molar refractivity (Wildman–Crippen MR) is 95.6 cm³/mol. The van der Waals surface area contributed by atoms with Crippen LogP contribution < -0.4 is 10.2 Å². The van der Waals surface area contributed by atoms with Crippen molar-refractivity contribution in [3.63, 3.8) is 0 Å². The summed E-state index contributed by atoms with van der Waals surface area (Å²) in [5.41, 5.74) is 2.22. The van der Waals surface area contributed by atoms with E-state index in [2.05, 4.69) is 27.1 Å². The Morgan fingerprint density at radius 1 is 1.00 bits per heavy atom. The first-order valence-electron chi connectivity index (χ1n) is 7.87. The van der Waals surface area contributed by atoms with E-state index >= 15 is 0 Å². The zero-order chi connectivity index (χ0) is 16.9. The van der Waals surface area contributed by atoms with Crippen molar-refractivity contribution in [1.29, 1.82) is 0 Å². The third-order valence-corrected chi connectivity index (χ3v) is 3.62. The quantitative estimate of drug-likeness (QED) is 0.731. The first kappa shape index (κ1) is 15.9. The molecule has 3 rings (SSSR count). The summed E-state index contributed by atoms with van der Waals surface area (Å²) in [4.78, 5) is 11.0. The first-order valence-corrected chi connectivity index (χ1v) is 7.87. The van der Waals surface area contributed by atoms with E-state index in [0.29, 0.717) is 11.6 Å². The van der Waals surface area contributed by atoms with E-state index in [1.807, 2.05) is 43.3 Å². The Balaban J connectivity index is 1.95. The van der Waals surface area contributed by atoms with E-state index < -0.39 is 0 Å². The van der Waals surface area contributed by atoms with Crippen molar-refractivity contribution in [3.05, 3.63) is 72.2 Å².